The molecule has 1 aromatic rings. The molecule has 0 bridgehead atoms. The molecule has 0 heterocycles. The topological polar surface area (TPSA) is 45.0 Å². The van der Waals surface area contributed by atoms with E-state index in [2.05, 4.69) is 18.3 Å². The van der Waals surface area contributed by atoms with Gasteiger partial charge in [-0.15, -0.1) is 0 Å². The molecule has 108 valence electrons. The van der Waals surface area contributed by atoms with E-state index in [0.717, 1.165) is 23.8 Å². The summed E-state index contributed by atoms with van der Waals surface area (Å²) < 4.78 is 5.48. The van der Waals surface area contributed by atoms with E-state index >= 15 is 0 Å². The Balaban J connectivity index is 1.94. The Kier molecular flexibility index (Phi) is 5.88. The first-order valence-electron chi connectivity index (χ1n) is 7.66. The third-order valence-electron chi connectivity index (χ3n) is 4.25. The van der Waals surface area contributed by atoms with E-state index in [1.54, 1.807) is 0 Å². The van der Waals surface area contributed by atoms with Gasteiger partial charge in [0.05, 0.1) is 0 Å². The summed E-state index contributed by atoms with van der Waals surface area (Å²) in [6, 6.07) is 10.6. The Morgan fingerprint density at radius 3 is 2.90 bits per heavy atom. The summed E-state index contributed by atoms with van der Waals surface area (Å²) in [7, 11) is 0. The molecule has 1 aromatic carbocycles. The summed E-state index contributed by atoms with van der Waals surface area (Å²) in [5.74, 6) is 1.63. The lowest BCUT2D eigenvalue weighted by molar-refractivity contribution is 0.253. The second-order valence-corrected chi connectivity index (χ2v) is 5.49. The van der Waals surface area contributed by atoms with Crippen LogP contribution in [0.2, 0.25) is 0 Å². The van der Waals surface area contributed by atoms with Crippen LogP contribution in [0.15, 0.2) is 24.3 Å². The van der Waals surface area contributed by atoms with Gasteiger partial charge in [0.25, 0.3) is 0 Å². The maximum Gasteiger partial charge on any atom is 0.174 e. The predicted octanol–water partition coefficient (Wildman–Crippen LogP) is 3.65. The molecule has 2 rings (SSSR count). The molecule has 3 heteroatoms. The molecule has 0 saturated heterocycles. The van der Waals surface area contributed by atoms with Crippen molar-refractivity contribution in [1.82, 2.24) is 5.32 Å². The van der Waals surface area contributed by atoms with Crippen molar-refractivity contribution in [3.63, 3.8) is 0 Å². The summed E-state index contributed by atoms with van der Waals surface area (Å²) in [5.41, 5.74) is 1.14. The second kappa shape index (κ2) is 7.91. The van der Waals surface area contributed by atoms with Crippen LogP contribution in [0.4, 0.5) is 0 Å². The van der Waals surface area contributed by atoms with Crippen molar-refractivity contribution in [3.8, 4) is 11.8 Å². The Labute approximate surface area is 121 Å². The Morgan fingerprint density at radius 1 is 1.30 bits per heavy atom. The minimum atomic E-state index is 0.109. The van der Waals surface area contributed by atoms with Crippen molar-refractivity contribution >= 4 is 0 Å². The van der Waals surface area contributed by atoms with Gasteiger partial charge in [-0.25, -0.2) is 0 Å². The zero-order chi connectivity index (χ0) is 14.2. The highest BCUT2D eigenvalue weighted by molar-refractivity contribution is 5.33. The molecule has 0 aliphatic heterocycles. The molecule has 1 aliphatic rings. The average molecular weight is 272 g/mol. The van der Waals surface area contributed by atoms with Crippen molar-refractivity contribution in [2.24, 2.45) is 5.92 Å². The second-order valence-electron chi connectivity index (χ2n) is 5.49. The van der Waals surface area contributed by atoms with E-state index in [1.807, 2.05) is 24.3 Å². The molecule has 2 atom stereocenters. The van der Waals surface area contributed by atoms with Crippen molar-refractivity contribution < 1.29 is 4.74 Å². The van der Waals surface area contributed by atoms with Gasteiger partial charge in [0.1, 0.15) is 11.8 Å². The van der Waals surface area contributed by atoms with Crippen LogP contribution in [0.25, 0.3) is 0 Å². The number of hydrogen-bond donors (Lipinski definition) is 1. The van der Waals surface area contributed by atoms with E-state index in [9.17, 15) is 0 Å². The number of rotatable bonds is 6. The van der Waals surface area contributed by atoms with E-state index in [4.69, 9.17) is 10.00 Å². The molecule has 1 fully saturated rings. The van der Waals surface area contributed by atoms with Crippen LogP contribution >= 0.6 is 0 Å². The van der Waals surface area contributed by atoms with Crippen molar-refractivity contribution in [3.05, 3.63) is 29.8 Å². The summed E-state index contributed by atoms with van der Waals surface area (Å²) >= 11 is 0. The molecule has 0 aromatic heterocycles. The molecule has 0 amide bonds. The van der Waals surface area contributed by atoms with Crippen LogP contribution in [0.3, 0.4) is 0 Å². The highest BCUT2D eigenvalue weighted by Crippen LogP contribution is 2.27. The fraction of sp³-hybridized carbons (Fsp3) is 0.588. The molecule has 0 radical (unpaired) electrons. The lowest BCUT2D eigenvalue weighted by Crippen LogP contribution is -2.37. The maximum atomic E-state index is 8.63. The quantitative estimate of drug-likeness (QED) is 0.859. The number of nitrogens with one attached hydrogen (secondary N) is 1. The fourth-order valence-electron chi connectivity index (χ4n) is 3.11. The zero-order valence-corrected chi connectivity index (χ0v) is 12.3. The predicted molar refractivity (Wildman–Crippen MR) is 80.4 cm³/mol. The summed E-state index contributed by atoms with van der Waals surface area (Å²) in [5, 5.41) is 12.3. The molecule has 1 N–H and O–H groups in total. The van der Waals surface area contributed by atoms with Gasteiger partial charge < -0.3 is 10.1 Å². The number of nitriles is 1. The SMILES string of the molecule is CCC1CCCCC1NCc1ccccc1OCC#N. The Bertz CT molecular complexity index is 453. The molecule has 20 heavy (non-hydrogen) atoms. The Morgan fingerprint density at radius 2 is 2.10 bits per heavy atom. The van der Waals surface area contributed by atoms with Crippen LogP contribution in [0, 0.1) is 17.2 Å². The van der Waals surface area contributed by atoms with Gasteiger partial charge >= 0.3 is 0 Å². The largest absolute Gasteiger partial charge is 0.478 e. The summed E-state index contributed by atoms with van der Waals surface area (Å²) in [6.45, 7) is 3.22. The van der Waals surface area contributed by atoms with Crippen LogP contribution in [0.5, 0.6) is 5.75 Å². The van der Waals surface area contributed by atoms with E-state index in [-0.39, 0.29) is 6.61 Å². The number of ether oxygens (including phenoxy) is 1. The fourth-order valence-corrected chi connectivity index (χ4v) is 3.11. The first kappa shape index (κ1) is 14.9. The van der Waals surface area contributed by atoms with Crippen molar-refractivity contribution in [2.45, 2.75) is 51.6 Å². The van der Waals surface area contributed by atoms with Crippen LogP contribution in [-0.2, 0) is 6.54 Å². The molecule has 2 unspecified atom stereocenters. The normalized spacial score (nSPS) is 22.2. The van der Waals surface area contributed by atoms with Gasteiger partial charge in [0.15, 0.2) is 6.61 Å². The zero-order valence-electron chi connectivity index (χ0n) is 12.3. The van der Waals surface area contributed by atoms with Gasteiger partial charge in [0.2, 0.25) is 0 Å². The van der Waals surface area contributed by atoms with Crippen LogP contribution < -0.4 is 10.1 Å². The lowest BCUT2D eigenvalue weighted by Gasteiger charge is -2.31. The molecule has 1 saturated carbocycles. The third kappa shape index (κ3) is 3.98. The molecule has 1 aliphatic carbocycles. The first-order chi connectivity index (χ1) is 9.85. The maximum absolute atomic E-state index is 8.63. The monoisotopic (exact) mass is 272 g/mol. The standard InChI is InChI=1S/C17H24N2O/c1-2-14-7-3-5-9-16(14)19-13-15-8-4-6-10-17(15)20-12-11-18/h4,6,8,10,14,16,19H,2-3,5,7,9,12-13H2,1H3. The van der Waals surface area contributed by atoms with Gasteiger partial charge in [-0.1, -0.05) is 44.4 Å². The highest BCUT2D eigenvalue weighted by Gasteiger charge is 2.23. The molecular formula is C17H24N2O. The molecule has 0 spiro atoms. The van der Waals surface area contributed by atoms with Gasteiger partial charge in [-0.05, 0) is 24.8 Å². The van der Waals surface area contributed by atoms with Crippen molar-refractivity contribution in [2.75, 3.05) is 6.61 Å². The molecular weight excluding hydrogens is 248 g/mol. The lowest BCUT2D eigenvalue weighted by atomic mass is 9.83. The van der Waals surface area contributed by atoms with E-state index in [1.165, 1.54) is 32.1 Å². The average Bonchev–Trinajstić information content (AvgIpc) is 2.52. The first-order valence-corrected chi connectivity index (χ1v) is 7.66. The molecule has 3 nitrogen and oxygen atoms in total. The van der Waals surface area contributed by atoms with Gasteiger partial charge in [-0.3, -0.25) is 0 Å². The number of hydrogen-bond acceptors (Lipinski definition) is 3. The summed E-state index contributed by atoms with van der Waals surface area (Å²) in [4.78, 5) is 0. The smallest absolute Gasteiger partial charge is 0.174 e. The van der Waals surface area contributed by atoms with Gasteiger partial charge in [-0.2, -0.15) is 5.26 Å². The Hall–Kier alpha value is -1.53. The third-order valence-corrected chi connectivity index (χ3v) is 4.25. The van der Waals surface area contributed by atoms with Crippen molar-refractivity contribution in [1.29, 1.82) is 5.26 Å². The van der Waals surface area contributed by atoms with Crippen LogP contribution in [-0.4, -0.2) is 12.6 Å². The van der Waals surface area contributed by atoms with Crippen LogP contribution in [0.1, 0.15) is 44.6 Å². The van der Waals surface area contributed by atoms with E-state index in [0.29, 0.717) is 6.04 Å². The number of benzene rings is 1. The highest BCUT2D eigenvalue weighted by atomic mass is 16.5. The number of nitrogens with zero attached hydrogens (tertiary/aromatic N) is 1. The minimum Gasteiger partial charge on any atom is -0.478 e. The summed E-state index contributed by atoms with van der Waals surface area (Å²) in [6.07, 6.45) is 6.59. The van der Waals surface area contributed by atoms with Gasteiger partial charge in [0, 0.05) is 18.2 Å². The minimum absolute atomic E-state index is 0.109. The van der Waals surface area contributed by atoms with E-state index < -0.39 is 0 Å². The number of para-hydroxylation sites is 1.